The van der Waals surface area contributed by atoms with E-state index < -0.39 is 5.91 Å². The molecule has 2 N–H and O–H groups in total. The van der Waals surface area contributed by atoms with Crippen molar-refractivity contribution in [2.75, 3.05) is 6.54 Å². The third-order valence-corrected chi connectivity index (χ3v) is 4.22. The number of carbonyl (C=O) groups is 2. The molecule has 0 fully saturated rings. The lowest BCUT2D eigenvalue weighted by Gasteiger charge is -2.02. The van der Waals surface area contributed by atoms with E-state index in [9.17, 15) is 14.7 Å². The first-order valence-electron chi connectivity index (χ1n) is 8.53. The molecule has 3 rings (SSSR count). The van der Waals surface area contributed by atoms with Gasteiger partial charge in [0.25, 0.3) is 11.8 Å². The van der Waals surface area contributed by atoms with Crippen molar-refractivity contribution in [3.63, 3.8) is 0 Å². The summed E-state index contributed by atoms with van der Waals surface area (Å²) in [5, 5.41) is 21.3. The zero-order valence-corrected chi connectivity index (χ0v) is 15.1. The van der Waals surface area contributed by atoms with E-state index >= 15 is 0 Å². The monoisotopic (exact) mass is 364 g/mol. The summed E-state index contributed by atoms with van der Waals surface area (Å²) >= 11 is 0. The van der Waals surface area contributed by atoms with Gasteiger partial charge in [-0.15, -0.1) is 10.2 Å². The maximum Gasteiger partial charge on any atom is 0.266 e. The summed E-state index contributed by atoms with van der Waals surface area (Å²) in [6.07, 6.45) is 0.0205. The lowest BCUT2D eigenvalue weighted by molar-refractivity contribution is -0.118. The molecule has 2 amide bonds. The first kappa shape index (κ1) is 18.3. The molecule has 1 aromatic heterocycles. The van der Waals surface area contributed by atoms with Crippen LogP contribution in [0.3, 0.4) is 0 Å². The molecule has 0 radical (unpaired) electrons. The molecule has 27 heavy (non-hydrogen) atoms. The second-order valence-corrected chi connectivity index (χ2v) is 6.22. The van der Waals surface area contributed by atoms with Crippen molar-refractivity contribution in [3.05, 3.63) is 59.7 Å². The van der Waals surface area contributed by atoms with Gasteiger partial charge < -0.3 is 15.0 Å². The number of aryl methyl sites for hydroxylation is 2. The quantitative estimate of drug-likeness (QED) is 0.677. The molecular weight excluding hydrogens is 344 g/mol. The summed E-state index contributed by atoms with van der Waals surface area (Å²) in [7, 11) is 1.72. The van der Waals surface area contributed by atoms with Gasteiger partial charge in [-0.05, 0) is 31.2 Å². The highest BCUT2D eigenvalue weighted by Gasteiger charge is 2.15. The van der Waals surface area contributed by atoms with Gasteiger partial charge in [0.1, 0.15) is 0 Å². The van der Waals surface area contributed by atoms with Gasteiger partial charge in [-0.1, -0.05) is 29.8 Å². The lowest BCUT2D eigenvalue weighted by atomic mass is 10.1. The van der Waals surface area contributed by atoms with E-state index in [1.54, 1.807) is 35.9 Å². The molecular formula is C20H20N4O3. The molecule has 0 aliphatic rings. The van der Waals surface area contributed by atoms with Crippen molar-refractivity contribution >= 4 is 28.4 Å². The number of nitrogens with one attached hydrogen (secondary N) is 1. The van der Waals surface area contributed by atoms with E-state index in [1.807, 2.05) is 31.2 Å². The lowest BCUT2D eigenvalue weighted by Crippen LogP contribution is -2.25. The van der Waals surface area contributed by atoms with Gasteiger partial charge in [0.05, 0.1) is 5.52 Å². The topological polar surface area (TPSA) is 96.1 Å². The molecule has 7 heteroatoms. The fourth-order valence-corrected chi connectivity index (χ4v) is 2.75. The van der Waals surface area contributed by atoms with Crippen molar-refractivity contribution in [2.45, 2.75) is 13.3 Å². The van der Waals surface area contributed by atoms with E-state index in [-0.39, 0.29) is 30.4 Å². The van der Waals surface area contributed by atoms with Crippen LogP contribution in [0.25, 0.3) is 10.9 Å². The van der Waals surface area contributed by atoms with Crippen LogP contribution in [0, 0.1) is 6.92 Å². The number of azo groups is 1. The third kappa shape index (κ3) is 4.03. The van der Waals surface area contributed by atoms with Crippen LogP contribution in [0.1, 0.15) is 22.3 Å². The molecule has 0 bridgehead atoms. The first-order chi connectivity index (χ1) is 13.0. The Hall–Kier alpha value is -3.48. The normalized spacial score (nSPS) is 11.2. The minimum absolute atomic E-state index is 0.0205. The Bertz CT molecular complexity index is 1020. The molecule has 3 aromatic rings. The predicted octanol–water partition coefficient (Wildman–Crippen LogP) is 3.62. The van der Waals surface area contributed by atoms with Crippen molar-refractivity contribution in [1.29, 1.82) is 0 Å². The molecule has 0 aliphatic carbocycles. The van der Waals surface area contributed by atoms with Crippen molar-refractivity contribution in [2.24, 2.45) is 17.3 Å². The number of hydrogen-bond donors (Lipinski definition) is 2. The number of rotatable bonds is 5. The van der Waals surface area contributed by atoms with Gasteiger partial charge >= 0.3 is 0 Å². The minimum atomic E-state index is -0.479. The molecule has 0 unspecified atom stereocenters. The number of carbonyl (C=O) groups excluding carboxylic acids is 2. The second kappa shape index (κ2) is 7.82. The maximum atomic E-state index is 12.0. The fraction of sp³-hybridized carbons (Fsp3) is 0.200. The average molecular weight is 364 g/mol. The van der Waals surface area contributed by atoms with E-state index in [0.717, 1.165) is 16.5 Å². The standard InChI is InChI=1S/C20H20N4O3/c1-13-8-9-16-15(12-13)18(20(27)24(16)2)23-22-17(25)10-11-21-19(26)14-6-4-3-5-7-14/h3-9,12,27H,10-11H2,1-2H3,(H,21,26). The van der Waals surface area contributed by atoms with Crippen LogP contribution in [0.15, 0.2) is 58.8 Å². The van der Waals surface area contributed by atoms with Gasteiger partial charge in [-0.25, -0.2) is 0 Å². The predicted molar refractivity (Wildman–Crippen MR) is 102 cm³/mol. The second-order valence-electron chi connectivity index (χ2n) is 6.22. The Labute approximate surface area is 156 Å². The zero-order chi connectivity index (χ0) is 19.4. The number of nitrogens with zero attached hydrogens (tertiary/aromatic N) is 3. The van der Waals surface area contributed by atoms with Crippen LogP contribution < -0.4 is 5.32 Å². The zero-order valence-electron chi connectivity index (χ0n) is 15.1. The highest BCUT2D eigenvalue weighted by Crippen LogP contribution is 2.38. The van der Waals surface area contributed by atoms with Crippen LogP contribution in [0.2, 0.25) is 0 Å². The molecule has 0 aliphatic heterocycles. The molecule has 2 aromatic carbocycles. The SMILES string of the molecule is Cc1ccc2c(c1)c(N=NC(=O)CCNC(=O)c1ccccc1)c(O)n2C. The van der Waals surface area contributed by atoms with E-state index in [0.29, 0.717) is 5.56 Å². The molecule has 7 nitrogen and oxygen atoms in total. The van der Waals surface area contributed by atoms with Crippen molar-refractivity contribution < 1.29 is 14.7 Å². The minimum Gasteiger partial charge on any atom is -0.493 e. The highest BCUT2D eigenvalue weighted by atomic mass is 16.3. The van der Waals surface area contributed by atoms with E-state index in [4.69, 9.17) is 0 Å². The maximum absolute atomic E-state index is 12.0. The Morgan fingerprint density at radius 3 is 2.63 bits per heavy atom. The van der Waals surface area contributed by atoms with Crippen LogP contribution >= 0.6 is 0 Å². The summed E-state index contributed by atoms with van der Waals surface area (Å²) in [4.78, 5) is 23.9. The van der Waals surface area contributed by atoms with Crippen LogP contribution in [0.4, 0.5) is 5.69 Å². The van der Waals surface area contributed by atoms with Crippen molar-refractivity contribution in [1.82, 2.24) is 9.88 Å². The average Bonchev–Trinajstić information content (AvgIpc) is 2.90. The Kier molecular flexibility index (Phi) is 5.30. The number of aromatic nitrogens is 1. The number of benzene rings is 2. The largest absolute Gasteiger partial charge is 0.493 e. The van der Waals surface area contributed by atoms with Crippen molar-refractivity contribution in [3.8, 4) is 5.88 Å². The summed E-state index contributed by atoms with van der Waals surface area (Å²) in [6, 6.07) is 14.5. The molecule has 0 atom stereocenters. The number of amides is 2. The first-order valence-corrected chi connectivity index (χ1v) is 8.53. The van der Waals surface area contributed by atoms with Gasteiger partial charge in [0.15, 0.2) is 5.69 Å². The molecule has 1 heterocycles. The molecule has 138 valence electrons. The number of aromatic hydroxyl groups is 1. The van der Waals surface area contributed by atoms with Gasteiger partial charge in [-0.2, -0.15) is 0 Å². The van der Waals surface area contributed by atoms with E-state index in [2.05, 4.69) is 15.5 Å². The van der Waals surface area contributed by atoms with Crippen LogP contribution in [-0.2, 0) is 11.8 Å². The summed E-state index contributed by atoms with van der Waals surface area (Å²) in [5.74, 6) is -0.778. The molecule has 0 saturated heterocycles. The Balaban J connectivity index is 1.64. The smallest absolute Gasteiger partial charge is 0.266 e. The highest BCUT2D eigenvalue weighted by molar-refractivity contribution is 5.96. The van der Waals surface area contributed by atoms with Crippen LogP contribution in [0.5, 0.6) is 5.88 Å². The number of hydrogen-bond acceptors (Lipinski definition) is 4. The Morgan fingerprint density at radius 2 is 1.89 bits per heavy atom. The number of fused-ring (bicyclic) bond motifs is 1. The fourth-order valence-electron chi connectivity index (χ4n) is 2.75. The van der Waals surface area contributed by atoms with E-state index in [1.165, 1.54) is 0 Å². The molecule has 0 saturated carbocycles. The summed E-state index contributed by atoms with van der Waals surface area (Å²) in [6.45, 7) is 2.09. The van der Waals surface area contributed by atoms with Gasteiger partial charge in [0, 0.05) is 31.0 Å². The third-order valence-electron chi connectivity index (χ3n) is 4.22. The molecule has 0 spiro atoms. The van der Waals surface area contributed by atoms with Gasteiger partial charge in [0.2, 0.25) is 5.88 Å². The van der Waals surface area contributed by atoms with Gasteiger partial charge in [-0.3, -0.25) is 9.59 Å². The summed E-state index contributed by atoms with van der Waals surface area (Å²) in [5.41, 5.74) is 2.61. The Morgan fingerprint density at radius 1 is 1.15 bits per heavy atom. The summed E-state index contributed by atoms with van der Waals surface area (Å²) < 4.78 is 1.59. The van der Waals surface area contributed by atoms with Crippen LogP contribution in [-0.4, -0.2) is 28.0 Å².